The summed E-state index contributed by atoms with van der Waals surface area (Å²) < 4.78 is 7.14. The molecule has 0 spiro atoms. The molecule has 5 nitrogen and oxygen atoms in total. The molecule has 162 valence electrons. The summed E-state index contributed by atoms with van der Waals surface area (Å²) in [6.45, 7) is 1.73. The van der Waals surface area contributed by atoms with Crippen LogP contribution in [-0.2, 0) is 22.4 Å². The molecule has 1 atom stereocenters. The van der Waals surface area contributed by atoms with E-state index in [1.165, 1.54) is 52.6 Å². The van der Waals surface area contributed by atoms with Gasteiger partial charge in [-0.3, -0.25) is 9.36 Å². The second-order valence-electron chi connectivity index (χ2n) is 8.85. The van der Waals surface area contributed by atoms with Gasteiger partial charge in [-0.2, -0.15) is 0 Å². The van der Waals surface area contributed by atoms with E-state index in [4.69, 9.17) is 4.74 Å². The Morgan fingerprint density at radius 2 is 1.90 bits per heavy atom. The van der Waals surface area contributed by atoms with E-state index < -0.39 is 6.04 Å². The summed E-state index contributed by atoms with van der Waals surface area (Å²) in [7, 11) is 0. The van der Waals surface area contributed by atoms with Crippen LogP contribution in [0.5, 0.6) is 0 Å². The molecular formula is C25H28N2O3S. The van der Waals surface area contributed by atoms with E-state index in [2.05, 4.69) is 23.2 Å². The van der Waals surface area contributed by atoms with Crippen molar-refractivity contribution in [3.63, 3.8) is 0 Å². The van der Waals surface area contributed by atoms with E-state index in [-0.39, 0.29) is 17.6 Å². The Labute approximate surface area is 186 Å². The smallest absolute Gasteiger partial charge is 0.329 e. The monoisotopic (exact) mass is 436 g/mol. The van der Waals surface area contributed by atoms with E-state index in [0.717, 1.165) is 49.7 Å². The first-order chi connectivity index (χ1) is 15.1. The predicted molar refractivity (Wildman–Crippen MR) is 124 cm³/mol. The fourth-order valence-electron chi connectivity index (χ4n) is 4.89. The lowest BCUT2D eigenvalue weighted by Crippen LogP contribution is -2.32. The van der Waals surface area contributed by atoms with Gasteiger partial charge < -0.3 is 4.74 Å². The maximum absolute atomic E-state index is 13.4. The van der Waals surface area contributed by atoms with Crippen LogP contribution in [-0.4, -0.2) is 21.6 Å². The number of thiophene rings is 1. The molecule has 5 rings (SSSR count). The number of nitrogens with zero attached hydrogens (tertiary/aromatic N) is 2. The number of ether oxygens (including phenoxy) is 1. The molecule has 6 heteroatoms. The number of carbonyl (C=O) groups excluding carboxylic acids is 1. The average Bonchev–Trinajstić information content (AvgIpc) is 3.24. The molecule has 0 amide bonds. The zero-order valence-corrected chi connectivity index (χ0v) is 18.7. The van der Waals surface area contributed by atoms with Gasteiger partial charge in [-0.05, 0) is 75.0 Å². The van der Waals surface area contributed by atoms with E-state index in [0.29, 0.717) is 10.2 Å². The van der Waals surface area contributed by atoms with Crippen LogP contribution in [0.1, 0.15) is 69.0 Å². The molecule has 2 aromatic heterocycles. The number of esters is 1. The highest BCUT2D eigenvalue weighted by Crippen LogP contribution is 2.33. The van der Waals surface area contributed by atoms with Crippen LogP contribution in [0.15, 0.2) is 34.7 Å². The van der Waals surface area contributed by atoms with E-state index in [1.54, 1.807) is 6.92 Å². The Morgan fingerprint density at radius 3 is 2.71 bits per heavy atom. The normalized spacial score (nSPS) is 18.0. The van der Waals surface area contributed by atoms with Crippen LogP contribution in [0.2, 0.25) is 0 Å². The predicted octanol–water partition coefficient (Wildman–Crippen LogP) is 5.44. The molecule has 1 unspecified atom stereocenters. The first-order valence-electron chi connectivity index (χ1n) is 11.4. The molecule has 0 radical (unpaired) electrons. The average molecular weight is 437 g/mol. The molecule has 1 aromatic carbocycles. The lowest BCUT2D eigenvalue weighted by molar-refractivity contribution is -0.154. The second-order valence-corrected chi connectivity index (χ2v) is 9.71. The maximum atomic E-state index is 13.4. The molecule has 1 saturated carbocycles. The summed E-state index contributed by atoms with van der Waals surface area (Å²) in [4.78, 5) is 31.4. The van der Waals surface area contributed by atoms with Crippen molar-refractivity contribution in [2.75, 3.05) is 0 Å². The third-order valence-electron chi connectivity index (χ3n) is 6.77. The third kappa shape index (κ3) is 3.93. The summed E-state index contributed by atoms with van der Waals surface area (Å²) in [6.07, 6.45) is 11.4. The van der Waals surface area contributed by atoms with Crippen LogP contribution in [0, 0.1) is 0 Å². The summed E-state index contributed by atoms with van der Waals surface area (Å²) in [5.41, 5.74) is 4.60. The minimum Gasteiger partial charge on any atom is -0.461 e. The first-order valence-corrected chi connectivity index (χ1v) is 12.3. The highest BCUT2D eigenvalue weighted by atomic mass is 32.1. The fourth-order valence-corrected chi connectivity index (χ4v) is 5.80. The highest BCUT2D eigenvalue weighted by molar-refractivity contribution is 7.17. The number of carbonyl (C=O) groups is 1. The Balaban J connectivity index is 1.48. The minimum absolute atomic E-state index is 0.0247. The molecule has 0 bridgehead atoms. The molecule has 1 fully saturated rings. The molecule has 2 aliphatic carbocycles. The highest BCUT2D eigenvalue weighted by Gasteiger charge is 2.25. The standard InChI is InChI=1S/C25H28N2O3S/c1-16(25(29)30-20-9-3-2-4-10-20)27-15-26-23-22(24(27)28)21(14-31-23)19-12-11-17-7-5-6-8-18(17)13-19/h11-16,20H,2-10H2,1H3. The summed E-state index contributed by atoms with van der Waals surface area (Å²) in [5.74, 6) is -0.347. The lowest BCUT2D eigenvalue weighted by atomic mass is 9.89. The number of hydrogen-bond acceptors (Lipinski definition) is 5. The number of benzene rings is 1. The number of aryl methyl sites for hydroxylation is 2. The van der Waals surface area contributed by atoms with Crippen LogP contribution in [0.4, 0.5) is 0 Å². The number of aromatic nitrogens is 2. The van der Waals surface area contributed by atoms with Gasteiger partial charge in [0.05, 0.1) is 11.7 Å². The van der Waals surface area contributed by atoms with Gasteiger partial charge in [0.15, 0.2) is 0 Å². The zero-order chi connectivity index (χ0) is 21.4. The van der Waals surface area contributed by atoms with Crippen molar-refractivity contribution in [2.45, 2.75) is 76.9 Å². The number of rotatable bonds is 4. The second kappa shape index (κ2) is 8.58. The number of hydrogen-bond donors (Lipinski definition) is 0. The van der Waals surface area contributed by atoms with Gasteiger partial charge in [0.25, 0.3) is 5.56 Å². The van der Waals surface area contributed by atoms with Gasteiger partial charge in [-0.15, -0.1) is 11.3 Å². The van der Waals surface area contributed by atoms with E-state index >= 15 is 0 Å². The molecule has 3 aromatic rings. The summed E-state index contributed by atoms with van der Waals surface area (Å²) >= 11 is 1.48. The molecule has 2 aliphatic rings. The molecule has 0 saturated heterocycles. The van der Waals surface area contributed by atoms with Gasteiger partial charge in [-0.25, -0.2) is 9.78 Å². The molecule has 0 N–H and O–H groups in total. The lowest BCUT2D eigenvalue weighted by Gasteiger charge is -2.24. The van der Waals surface area contributed by atoms with Crippen LogP contribution in [0.3, 0.4) is 0 Å². The van der Waals surface area contributed by atoms with Gasteiger partial charge in [0.2, 0.25) is 0 Å². The number of fused-ring (bicyclic) bond motifs is 2. The molecule has 2 heterocycles. The molecule has 0 aliphatic heterocycles. The van der Waals surface area contributed by atoms with Crippen LogP contribution in [0.25, 0.3) is 21.3 Å². The van der Waals surface area contributed by atoms with E-state index in [9.17, 15) is 9.59 Å². The quantitative estimate of drug-likeness (QED) is 0.511. The minimum atomic E-state index is -0.692. The van der Waals surface area contributed by atoms with Crippen LogP contribution >= 0.6 is 11.3 Å². The topological polar surface area (TPSA) is 61.2 Å². The van der Waals surface area contributed by atoms with Crippen molar-refractivity contribution in [3.05, 3.63) is 51.4 Å². The van der Waals surface area contributed by atoms with E-state index in [1.807, 2.05) is 5.38 Å². The Morgan fingerprint density at radius 1 is 1.13 bits per heavy atom. The summed E-state index contributed by atoms with van der Waals surface area (Å²) in [6, 6.07) is 5.85. The largest absolute Gasteiger partial charge is 0.461 e. The fraction of sp³-hybridized carbons (Fsp3) is 0.480. The van der Waals surface area contributed by atoms with Crippen molar-refractivity contribution in [3.8, 4) is 11.1 Å². The van der Waals surface area contributed by atoms with Gasteiger partial charge >= 0.3 is 5.97 Å². The summed E-state index contributed by atoms with van der Waals surface area (Å²) in [5, 5.41) is 2.61. The Hall–Kier alpha value is -2.47. The third-order valence-corrected chi connectivity index (χ3v) is 7.66. The first kappa shape index (κ1) is 20.4. The van der Waals surface area contributed by atoms with Crippen molar-refractivity contribution in [2.24, 2.45) is 0 Å². The maximum Gasteiger partial charge on any atom is 0.329 e. The van der Waals surface area contributed by atoms with Gasteiger partial charge in [0.1, 0.15) is 17.0 Å². The van der Waals surface area contributed by atoms with Crippen LogP contribution < -0.4 is 5.56 Å². The van der Waals surface area contributed by atoms with Gasteiger partial charge in [0, 0.05) is 10.9 Å². The van der Waals surface area contributed by atoms with Crippen molar-refractivity contribution in [1.82, 2.24) is 9.55 Å². The zero-order valence-electron chi connectivity index (χ0n) is 17.9. The van der Waals surface area contributed by atoms with Crippen molar-refractivity contribution in [1.29, 1.82) is 0 Å². The molecular weight excluding hydrogens is 408 g/mol. The van der Waals surface area contributed by atoms with Gasteiger partial charge in [-0.1, -0.05) is 24.6 Å². The Bertz CT molecular complexity index is 1170. The SMILES string of the molecule is CC(C(=O)OC1CCCCC1)n1cnc2scc(-c3ccc4c(c3)CCCC4)c2c1=O. The molecule has 31 heavy (non-hydrogen) atoms. The Kier molecular flexibility index (Phi) is 5.65. The van der Waals surface area contributed by atoms with Crippen molar-refractivity contribution >= 4 is 27.5 Å². The van der Waals surface area contributed by atoms with Crippen molar-refractivity contribution < 1.29 is 9.53 Å².